The molecule has 0 fully saturated rings. The van der Waals surface area contributed by atoms with Crippen LogP contribution in [0.2, 0.25) is 0 Å². The molecular weight excluding hydrogens is 105 g/mol. The first kappa shape index (κ1) is 3.89. The van der Waals surface area contributed by atoms with Gasteiger partial charge in [-0.2, -0.15) is 0 Å². The fraction of sp³-hybridized carbons (Fsp3) is 0. The Kier molecular flexibility index (Phi) is 0.497. The average molecular weight is 109 g/mol. The number of aromatic amines is 1. The molecule has 2 aromatic rings. The number of nitrogens with one attached hydrogen (secondary N) is 1. The van der Waals surface area contributed by atoms with Crippen LogP contribution in [0.1, 0.15) is 0 Å². The van der Waals surface area contributed by atoms with Crippen LogP contribution in [0, 0.1) is 5.82 Å². The van der Waals surface area contributed by atoms with E-state index in [0.29, 0.717) is 5.52 Å². The summed E-state index contributed by atoms with van der Waals surface area (Å²) in [6.07, 6.45) is 0. The van der Waals surface area contributed by atoms with Crippen LogP contribution in [0.4, 0.5) is 4.39 Å². The van der Waals surface area contributed by atoms with Gasteiger partial charge in [-0.15, -0.1) is 0 Å². The second-order valence-corrected chi connectivity index (χ2v) is 1.82. The first-order valence-electron chi connectivity index (χ1n) is 2.43. The number of fused-ring (bicyclic) bond motifs is 2. The molecule has 2 bridgehead atoms. The van der Waals surface area contributed by atoms with Crippen LogP contribution in [0.15, 0.2) is 18.2 Å². The lowest BCUT2D eigenvalue weighted by molar-refractivity contribution is 0.641. The SMILES string of the molecule is Fc1cc2ccc1[nH]2. The molecule has 1 nitrogen and oxygen atoms in total. The topological polar surface area (TPSA) is 15.8 Å². The molecule has 0 aliphatic carbocycles. The van der Waals surface area contributed by atoms with E-state index in [1.165, 1.54) is 6.07 Å². The standard InChI is InChI=1S/C6H4FN/c7-5-3-4-1-2-6(5)8-4/h1-3,8H. The molecular formula is C6H4FN. The van der Waals surface area contributed by atoms with Gasteiger partial charge >= 0.3 is 0 Å². The third-order valence-electron chi connectivity index (χ3n) is 1.25. The Balaban J connectivity index is 3.02. The van der Waals surface area contributed by atoms with Gasteiger partial charge in [0.25, 0.3) is 0 Å². The molecule has 1 N–H and O–H groups in total. The van der Waals surface area contributed by atoms with E-state index in [9.17, 15) is 4.39 Å². The fourth-order valence-corrected chi connectivity index (χ4v) is 0.850. The Morgan fingerprint density at radius 3 is 2.50 bits per heavy atom. The monoisotopic (exact) mass is 109 g/mol. The molecule has 40 valence electrons. The van der Waals surface area contributed by atoms with Gasteiger partial charge in [0, 0.05) is 5.52 Å². The second-order valence-electron chi connectivity index (χ2n) is 1.82. The summed E-state index contributed by atoms with van der Waals surface area (Å²) >= 11 is 0. The van der Waals surface area contributed by atoms with Gasteiger partial charge in [0.2, 0.25) is 0 Å². The van der Waals surface area contributed by atoms with E-state index >= 15 is 0 Å². The Hall–Kier alpha value is -1.05. The van der Waals surface area contributed by atoms with Crippen LogP contribution >= 0.6 is 0 Å². The van der Waals surface area contributed by atoms with Crippen LogP contribution < -0.4 is 0 Å². The minimum Gasteiger partial charge on any atom is -0.353 e. The lowest BCUT2D eigenvalue weighted by Crippen LogP contribution is -1.62. The Labute approximate surface area is 45.5 Å². The van der Waals surface area contributed by atoms with E-state index in [0.717, 1.165) is 5.52 Å². The lowest BCUT2D eigenvalue weighted by atomic mass is 10.4. The molecule has 0 aromatic carbocycles. The normalized spacial score (nSPS) is 11.1. The van der Waals surface area contributed by atoms with Crippen LogP contribution in [-0.4, -0.2) is 4.98 Å². The van der Waals surface area contributed by atoms with Crippen molar-refractivity contribution in [2.75, 3.05) is 0 Å². The highest BCUT2D eigenvalue weighted by Gasteiger charge is 1.99. The fourth-order valence-electron chi connectivity index (χ4n) is 0.850. The van der Waals surface area contributed by atoms with Crippen molar-refractivity contribution in [3.63, 3.8) is 0 Å². The molecule has 0 unspecified atom stereocenters. The highest BCUT2D eigenvalue weighted by Crippen LogP contribution is 2.14. The highest BCUT2D eigenvalue weighted by atomic mass is 19.1. The van der Waals surface area contributed by atoms with Crippen molar-refractivity contribution >= 4 is 11.0 Å². The molecule has 0 saturated carbocycles. The molecule has 0 radical (unpaired) electrons. The lowest BCUT2D eigenvalue weighted by Gasteiger charge is -1.74. The molecule has 0 aliphatic heterocycles. The number of aromatic nitrogens is 1. The average Bonchev–Trinajstić information content (AvgIpc) is 2.23. The zero-order chi connectivity index (χ0) is 5.56. The van der Waals surface area contributed by atoms with Gasteiger partial charge in [-0.05, 0) is 18.2 Å². The molecule has 0 aliphatic rings. The summed E-state index contributed by atoms with van der Waals surface area (Å²) in [7, 11) is 0. The zero-order valence-corrected chi connectivity index (χ0v) is 4.11. The third-order valence-corrected chi connectivity index (χ3v) is 1.25. The molecule has 2 rings (SSSR count). The highest BCUT2D eigenvalue weighted by molar-refractivity contribution is 5.65. The van der Waals surface area contributed by atoms with E-state index in [1.807, 2.05) is 6.07 Å². The summed E-state index contributed by atoms with van der Waals surface area (Å²) in [6, 6.07) is 5.05. The maximum atomic E-state index is 12.3. The van der Waals surface area contributed by atoms with Crippen LogP contribution in [0.3, 0.4) is 0 Å². The Morgan fingerprint density at radius 2 is 2.25 bits per heavy atom. The molecule has 8 heavy (non-hydrogen) atoms. The maximum Gasteiger partial charge on any atom is 0.148 e. The van der Waals surface area contributed by atoms with Crippen molar-refractivity contribution in [1.82, 2.24) is 4.98 Å². The Bertz CT molecular complexity index is 286. The number of benzene rings is 1. The Morgan fingerprint density at radius 1 is 1.38 bits per heavy atom. The second kappa shape index (κ2) is 1.02. The van der Waals surface area contributed by atoms with Gasteiger partial charge in [0.05, 0.1) is 5.52 Å². The first-order chi connectivity index (χ1) is 3.86. The van der Waals surface area contributed by atoms with Gasteiger partial charge in [0.15, 0.2) is 0 Å². The summed E-state index contributed by atoms with van der Waals surface area (Å²) in [5.41, 5.74) is 1.46. The molecule has 0 amide bonds. The van der Waals surface area contributed by atoms with E-state index < -0.39 is 0 Å². The van der Waals surface area contributed by atoms with E-state index in [2.05, 4.69) is 4.98 Å². The summed E-state index contributed by atoms with van der Waals surface area (Å²) in [5, 5.41) is 0. The summed E-state index contributed by atoms with van der Waals surface area (Å²) in [6.45, 7) is 0. The van der Waals surface area contributed by atoms with Crippen LogP contribution in [0.5, 0.6) is 0 Å². The first-order valence-corrected chi connectivity index (χ1v) is 2.43. The maximum absolute atomic E-state index is 12.3. The predicted molar refractivity (Wildman–Crippen MR) is 29.4 cm³/mol. The smallest absolute Gasteiger partial charge is 0.148 e. The summed E-state index contributed by atoms with van der Waals surface area (Å²) < 4.78 is 12.3. The minimum atomic E-state index is -0.150. The molecule has 0 spiro atoms. The van der Waals surface area contributed by atoms with Crippen molar-refractivity contribution in [3.8, 4) is 0 Å². The van der Waals surface area contributed by atoms with Gasteiger partial charge < -0.3 is 4.98 Å². The van der Waals surface area contributed by atoms with Crippen molar-refractivity contribution in [1.29, 1.82) is 0 Å². The van der Waals surface area contributed by atoms with Crippen LogP contribution in [0.25, 0.3) is 11.0 Å². The predicted octanol–water partition coefficient (Wildman–Crippen LogP) is 1.74. The van der Waals surface area contributed by atoms with Crippen LogP contribution in [-0.2, 0) is 0 Å². The zero-order valence-electron chi connectivity index (χ0n) is 4.11. The third kappa shape index (κ3) is 0.304. The number of rotatable bonds is 0. The largest absolute Gasteiger partial charge is 0.353 e. The minimum absolute atomic E-state index is 0.150. The molecule has 0 atom stereocenters. The van der Waals surface area contributed by atoms with E-state index in [1.54, 1.807) is 6.07 Å². The van der Waals surface area contributed by atoms with E-state index in [4.69, 9.17) is 0 Å². The molecule has 2 heterocycles. The molecule has 2 heteroatoms. The van der Waals surface area contributed by atoms with Crippen molar-refractivity contribution in [3.05, 3.63) is 24.0 Å². The van der Waals surface area contributed by atoms with Crippen molar-refractivity contribution < 1.29 is 4.39 Å². The summed E-state index contributed by atoms with van der Waals surface area (Å²) in [5.74, 6) is -0.150. The van der Waals surface area contributed by atoms with Gasteiger partial charge in [-0.1, -0.05) is 0 Å². The molecule has 2 aromatic heterocycles. The number of hydrogen-bond donors (Lipinski definition) is 1. The summed E-state index contributed by atoms with van der Waals surface area (Å²) in [4.78, 5) is 2.83. The van der Waals surface area contributed by atoms with Crippen molar-refractivity contribution in [2.45, 2.75) is 0 Å². The number of hydrogen-bond acceptors (Lipinski definition) is 0. The van der Waals surface area contributed by atoms with E-state index in [-0.39, 0.29) is 5.82 Å². The van der Waals surface area contributed by atoms with Crippen molar-refractivity contribution in [2.24, 2.45) is 0 Å². The quantitative estimate of drug-likeness (QED) is 0.530. The van der Waals surface area contributed by atoms with Gasteiger partial charge in [-0.25, -0.2) is 4.39 Å². The van der Waals surface area contributed by atoms with Gasteiger partial charge in [0.1, 0.15) is 5.82 Å². The molecule has 0 saturated heterocycles. The number of H-pyrrole nitrogens is 1. The van der Waals surface area contributed by atoms with Gasteiger partial charge in [-0.3, -0.25) is 0 Å². The number of halogens is 1.